The third kappa shape index (κ3) is 5.02. The fraction of sp³-hybridized carbons (Fsp3) is 0.500. The highest BCUT2D eigenvalue weighted by atomic mass is 32.2. The molecule has 9 nitrogen and oxygen atoms in total. The maximum Gasteiger partial charge on any atom is 0.246 e. The Labute approximate surface area is 212 Å². The number of carbonyl (C=O) groups is 1. The number of hydrogen-bond donors (Lipinski definition) is 0. The molecule has 3 aliphatic rings. The number of methoxy groups -OCH3 is 1. The molecular weight excluding hydrogens is 482 g/mol. The van der Waals surface area contributed by atoms with Crippen molar-refractivity contribution in [1.29, 1.82) is 0 Å². The molecule has 0 bridgehead atoms. The maximum atomic E-state index is 13.4. The van der Waals surface area contributed by atoms with E-state index in [-0.39, 0.29) is 30.1 Å². The number of sulfonamides is 1. The highest BCUT2D eigenvalue weighted by Crippen LogP contribution is 2.33. The molecule has 0 unspecified atom stereocenters. The van der Waals surface area contributed by atoms with Gasteiger partial charge in [-0.2, -0.15) is 4.31 Å². The lowest BCUT2D eigenvalue weighted by molar-refractivity contribution is -0.138. The minimum absolute atomic E-state index is 0.0498. The predicted molar refractivity (Wildman–Crippen MR) is 134 cm³/mol. The van der Waals surface area contributed by atoms with E-state index in [1.165, 1.54) is 11.4 Å². The van der Waals surface area contributed by atoms with Gasteiger partial charge in [-0.05, 0) is 55.2 Å². The van der Waals surface area contributed by atoms with Crippen molar-refractivity contribution < 1.29 is 27.4 Å². The molecule has 0 saturated carbocycles. The summed E-state index contributed by atoms with van der Waals surface area (Å²) in [6, 6.07) is 11.1. The van der Waals surface area contributed by atoms with Gasteiger partial charge in [0, 0.05) is 45.8 Å². The largest absolute Gasteiger partial charge is 0.495 e. The van der Waals surface area contributed by atoms with Crippen LogP contribution >= 0.6 is 0 Å². The molecule has 2 aromatic rings. The second kappa shape index (κ2) is 10.3. The van der Waals surface area contributed by atoms with Crippen LogP contribution in [-0.4, -0.2) is 81.6 Å². The lowest BCUT2D eigenvalue weighted by Gasteiger charge is -2.38. The first-order chi connectivity index (χ1) is 17.3. The van der Waals surface area contributed by atoms with E-state index in [0.29, 0.717) is 38.2 Å². The number of rotatable bonds is 6. The number of aryl methyl sites for hydroxylation is 1. The molecule has 10 heteroatoms. The third-order valence-corrected chi connectivity index (χ3v) is 9.08. The average molecular weight is 516 g/mol. The molecule has 0 aliphatic carbocycles. The van der Waals surface area contributed by atoms with E-state index >= 15 is 0 Å². The maximum absolute atomic E-state index is 13.4. The summed E-state index contributed by atoms with van der Waals surface area (Å²) >= 11 is 0. The molecule has 2 aromatic carbocycles. The highest BCUT2D eigenvalue weighted by Gasteiger charge is 2.37. The van der Waals surface area contributed by atoms with Crippen LogP contribution in [0, 0.1) is 12.8 Å². The molecule has 1 atom stereocenters. The second-order valence-corrected chi connectivity index (χ2v) is 11.6. The number of nitrogens with zero attached hydrogens (tertiary/aromatic N) is 3. The Morgan fingerprint density at radius 1 is 1.03 bits per heavy atom. The number of amides is 1. The van der Waals surface area contributed by atoms with Crippen LogP contribution in [0.2, 0.25) is 0 Å². The summed E-state index contributed by atoms with van der Waals surface area (Å²) in [6.07, 6.45) is 1.36. The van der Waals surface area contributed by atoms with E-state index < -0.39 is 10.0 Å². The van der Waals surface area contributed by atoms with Crippen molar-refractivity contribution in [2.75, 3.05) is 53.2 Å². The summed E-state index contributed by atoms with van der Waals surface area (Å²) in [6.45, 7) is 6.33. The first-order valence-electron chi connectivity index (χ1n) is 12.4. The van der Waals surface area contributed by atoms with Crippen LogP contribution in [0.3, 0.4) is 0 Å². The number of benzene rings is 2. The van der Waals surface area contributed by atoms with Gasteiger partial charge >= 0.3 is 0 Å². The summed E-state index contributed by atoms with van der Waals surface area (Å²) in [5.74, 6) is 1.60. The number of ether oxygens (including phenoxy) is 3. The van der Waals surface area contributed by atoms with E-state index in [1.54, 1.807) is 12.1 Å². The zero-order valence-corrected chi connectivity index (χ0v) is 21.6. The Bertz CT molecular complexity index is 1230. The first kappa shape index (κ1) is 24.9. The lowest BCUT2D eigenvalue weighted by atomic mass is 9.97. The first-order valence-corrected chi connectivity index (χ1v) is 13.8. The van der Waals surface area contributed by atoms with Gasteiger partial charge in [0.25, 0.3) is 0 Å². The Morgan fingerprint density at radius 2 is 1.81 bits per heavy atom. The molecule has 36 heavy (non-hydrogen) atoms. The molecule has 2 fully saturated rings. The van der Waals surface area contributed by atoms with Crippen LogP contribution in [0.25, 0.3) is 0 Å². The molecule has 0 N–H and O–H groups in total. The van der Waals surface area contributed by atoms with Crippen LogP contribution in [-0.2, 0) is 21.4 Å². The van der Waals surface area contributed by atoms with Gasteiger partial charge in [-0.25, -0.2) is 8.42 Å². The molecule has 0 aromatic heterocycles. The second-order valence-electron chi connectivity index (χ2n) is 9.65. The summed E-state index contributed by atoms with van der Waals surface area (Å²) < 4.78 is 44.5. The zero-order valence-electron chi connectivity index (χ0n) is 20.8. The summed E-state index contributed by atoms with van der Waals surface area (Å²) in [5.41, 5.74) is 2.00. The molecule has 0 spiro atoms. The Hall–Kier alpha value is -2.82. The normalized spacial score (nSPS) is 20.9. The fourth-order valence-corrected chi connectivity index (χ4v) is 6.93. The van der Waals surface area contributed by atoms with Crippen molar-refractivity contribution in [2.45, 2.75) is 31.2 Å². The van der Waals surface area contributed by atoms with Crippen LogP contribution in [0.4, 0.5) is 0 Å². The Balaban J connectivity index is 1.19. The van der Waals surface area contributed by atoms with Crippen LogP contribution in [0.15, 0.2) is 41.3 Å². The van der Waals surface area contributed by atoms with Crippen LogP contribution in [0.5, 0.6) is 17.2 Å². The van der Waals surface area contributed by atoms with Gasteiger partial charge < -0.3 is 19.1 Å². The average Bonchev–Trinajstić information content (AvgIpc) is 3.37. The van der Waals surface area contributed by atoms with Crippen molar-refractivity contribution in [3.63, 3.8) is 0 Å². The van der Waals surface area contributed by atoms with E-state index in [0.717, 1.165) is 42.3 Å². The lowest BCUT2D eigenvalue weighted by Crippen LogP contribution is -2.52. The highest BCUT2D eigenvalue weighted by molar-refractivity contribution is 7.89. The van der Waals surface area contributed by atoms with Gasteiger partial charge in [0.05, 0.1) is 13.0 Å². The molecule has 194 valence electrons. The van der Waals surface area contributed by atoms with Crippen molar-refractivity contribution in [2.24, 2.45) is 5.92 Å². The smallest absolute Gasteiger partial charge is 0.246 e. The molecule has 5 rings (SSSR count). The minimum atomic E-state index is -3.76. The van der Waals surface area contributed by atoms with E-state index in [4.69, 9.17) is 14.2 Å². The van der Waals surface area contributed by atoms with Gasteiger partial charge in [-0.1, -0.05) is 12.1 Å². The number of hydrogen-bond acceptors (Lipinski definition) is 7. The molecular formula is C26H33N3O6S. The van der Waals surface area contributed by atoms with Gasteiger partial charge in [0.2, 0.25) is 22.7 Å². The topological polar surface area (TPSA) is 88.6 Å². The van der Waals surface area contributed by atoms with Gasteiger partial charge in [-0.3, -0.25) is 9.69 Å². The zero-order chi connectivity index (χ0) is 25.3. The Morgan fingerprint density at radius 3 is 2.58 bits per heavy atom. The van der Waals surface area contributed by atoms with Crippen molar-refractivity contribution in [3.8, 4) is 17.2 Å². The number of carbonyl (C=O) groups excluding carboxylic acids is 1. The van der Waals surface area contributed by atoms with Gasteiger partial charge in [-0.15, -0.1) is 0 Å². The number of piperidine rings is 1. The van der Waals surface area contributed by atoms with E-state index in [2.05, 4.69) is 4.90 Å². The minimum Gasteiger partial charge on any atom is -0.495 e. The molecule has 2 saturated heterocycles. The Kier molecular flexibility index (Phi) is 7.09. The fourth-order valence-electron chi connectivity index (χ4n) is 5.17. The van der Waals surface area contributed by atoms with Crippen molar-refractivity contribution in [1.82, 2.24) is 14.1 Å². The molecule has 3 aliphatic heterocycles. The molecule has 0 radical (unpaired) electrons. The van der Waals surface area contributed by atoms with Gasteiger partial charge in [0.1, 0.15) is 10.6 Å². The van der Waals surface area contributed by atoms with Crippen molar-refractivity contribution >= 4 is 15.9 Å². The number of piperazine rings is 1. The van der Waals surface area contributed by atoms with Gasteiger partial charge in [0.15, 0.2) is 11.5 Å². The standard InChI is InChI=1S/C26H33N3O6S/c1-19-5-7-23(33-2)25(14-19)36(31,32)29-9-3-4-21(17-29)26(30)28-12-10-27(11-13-28)16-20-6-8-22-24(15-20)35-18-34-22/h5-8,14-15,21H,3-4,9-13,16-18H2,1-2H3/t21-/m1/s1. The molecule has 3 heterocycles. The van der Waals surface area contributed by atoms with Crippen molar-refractivity contribution in [3.05, 3.63) is 47.5 Å². The predicted octanol–water partition coefficient (Wildman–Crippen LogP) is 2.48. The van der Waals surface area contributed by atoms with Crippen LogP contribution < -0.4 is 14.2 Å². The van der Waals surface area contributed by atoms with Crippen LogP contribution in [0.1, 0.15) is 24.0 Å². The summed E-state index contributed by atoms with van der Waals surface area (Å²) in [4.78, 5) is 17.7. The van der Waals surface area contributed by atoms with E-state index in [1.807, 2.05) is 36.1 Å². The number of fused-ring (bicyclic) bond motifs is 1. The third-order valence-electron chi connectivity index (χ3n) is 7.20. The van der Waals surface area contributed by atoms with E-state index in [9.17, 15) is 13.2 Å². The quantitative estimate of drug-likeness (QED) is 0.584. The summed E-state index contributed by atoms with van der Waals surface area (Å²) in [7, 11) is -2.29. The SMILES string of the molecule is COc1ccc(C)cc1S(=O)(=O)N1CCC[C@@H](C(=O)N2CCN(Cc3ccc4c(c3)OCO4)CC2)C1. The summed E-state index contributed by atoms with van der Waals surface area (Å²) in [5, 5.41) is 0. The monoisotopic (exact) mass is 515 g/mol. The molecule has 1 amide bonds.